The Morgan fingerprint density at radius 1 is 0.559 bits per heavy atom. The summed E-state index contributed by atoms with van der Waals surface area (Å²) in [4.78, 5) is 0. The first-order valence-corrected chi connectivity index (χ1v) is 15.5. The first kappa shape index (κ1) is 21.2. The minimum Gasteiger partial charge on any atom is -0.376 e. The lowest BCUT2D eigenvalue weighted by Gasteiger charge is -2.37. The maximum absolute atomic E-state index is 13.0. The van der Waals surface area contributed by atoms with Crippen LogP contribution in [0.5, 0.6) is 0 Å². The van der Waals surface area contributed by atoms with Crippen molar-refractivity contribution in [3.63, 3.8) is 0 Å². The van der Waals surface area contributed by atoms with Crippen LogP contribution in [-0.4, -0.2) is 18.8 Å². The van der Waals surface area contributed by atoms with E-state index in [0.717, 1.165) is 22.3 Å². The monoisotopic (exact) mass is 456 g/mol. The van der Waals surface area contributed by atoms with Crippen LogP contribution in [0.15, 0.2) is 97.1 Å². The van der Waals surface area contributed by atoms with E-state index in [2.05, 4.69) is 128 Å². The normalized spacial score (nSPS) is 14.6. The Labute approximate surface area is 203 Å². The molecule has 0 amide bonds. The van der Waals surface area contributed by atoms with Crippen molar-refractivity contribution in [2.24, 2.45) is 0 Å². The van der Waals surface area contributed by atoms with Gasteiger partial charge in [0.15, 0.2) is 0 Å². The van der Waals surface area contributed by atoms with E-state index >= 15 is 0 Å². The summed E-state index contributed by atoms with van der Waals surface area (Å²) < 4.78 is 0. The van der Waals surface area contributed by atoms with Gasteiger partial charge < -0.3 is 5.11 Å². The van der Waals surface area contributed by atoms with Crippen LogP contribution in [0.1, 0.15) is 34.1 Å². The van der Waals surface area contributed by atoms with Crippen LogP contribution in [0.25, 0.3) is 22.3 Å². The third-order valence-corrected chi connectivity index (χ3v) is 8.06. The van der Waals surface area contributed by atoms with Gasteiger partial charge in [0.25, 0.3) is 0 Å². The molecule has 0 saturated heterocycles. The summed E-state index contributed by atoms with van der Waals surface area (Å²) in [7, 11) is -1.76. The first-order valence-electron chi connectivity index (χ1n) is 12.0. The molecule has 0 bridgehead atoms. The fourth-order valence-electron chi connectivity index (χ4n) is 5.86. The van der Waals surface area contributed by atoms with Gasteiger partial charge in [0.2, 0.25) is 0 Å². The summed E-state index contributed by atoms with van der Waals surface area (Å²) in [5.74, 6) is 3.09. The minimum atomic E-state index is -1.76. The van der Waals surface area contributed by atoms with Crippen LogP contribution in [0.4, 0.5) is 0 Å². The van der Waals surface area contributed by atoms with Crippen LogP contribution in [0.2, 0.25) is 19.6 Å². The summed E-state index contributed by atoms with van der Waals surface area (Å²) in [5, 5.41) is 13.0. The zero-order valence-electron chi connectivity index (χ0n) is 19.8. The Balaban J connectivity index is 1.68. The second-order valence-corrected chi connectivity index (χ2v) is 15.3. The Morgan fingerprint density at radius 2 is 0.853 bits per heavy atom. The van der Waals surface area contributed by atoms with Crippen molar-refractivity contribution in [3.05, 3.63) is 119 Å². The van der Waals surface area contributed by atoms with E-state index in [9.17, 15) is 5.11 Å². The standard InChI is InChI=1S/C32H28OSi/c1-34(2,3)21-20-32(33,30-26-16-8-4-12-22(26)23-13-5-9-17-27(23)30)31-28-18-10-6-14-24(28)25-15-7-11-19-29(25)31/h4-19,30-31,33H,1-3H3. The van der Waals surface area contributed by atoms with E-state index in [0.29, 0.717) is 0 Å². The molecular weight excluding hydrogens is 428 g/mol. The van der Waals surface area contributed by atoms with E-state index in [4.69, 9.17) is 0 Å². The largest absolute Gasteiger partial charge is 0.376 e. The molecule has 0 atom stereocenters. The molecule has 0 fully saturated rings. The smallest absolute Gasteiger partial charge is 0.146 e. The first-order chi connectivity index (χ1) is 16.4. The van der Waals surface area contributed by atoms with Crippen molar-refractivity contribution in [2.45, 2.75) is 37.1 Å². The third-order valence-electron chi connectivity index (χ3n) is 7.19. The molecule has 2 aliphatic rings. The predicted octanol–water partition coefficient (Wildman–Crippen LogP) is 7.22. The van der Waals surface area contributed by atoms with Gasteiger partial charge >= 0.3 is 0 Å². The second-order valence-electron chi connectivity index (χ2n) is 10.5. The van der Waals surface area contributed by atoms with Crippen LogP contribution in [-0.2, 0) is 0 Å². The molecule has 0 radical (unpaired) electrons. The van der Waals surface area contributed by atoms with Crippen molar-refractivity contribution >= 4 is 8.07 Å². The van der Waals surface area contributed by atoms with Gasteiger partial charge in [0.05, 0.1) is 11.8 Å². The number of rotatable bonds is 2. The average molecular weight is 457 g/mol. The van der Waals surface area contributed by atoms with Crippen molar-refractivity contribution in [1.82, 2.24) is 0 Å². The van der Waals surface area contributed by atoms with Crippen molar-refractivity contribution < 1.29 is 5.11 Å². The highest BCUT2D eigenvalue weighted by molar-refractivity contribution is 6.83. The molecule has 0 aromatic heterocycles. The molecule has 2 aliphatic carbocycles. The maximum Gasteiger partial charge on any atom is 0.146 e. The molecule has 0 unspecified atom stereocenters. The fourth-order valence-corrected chi connectivity index (χ4v) is 6.43. The molecule has 0 aliphatic heterocycles. The molecule has 1 N–H and O–H groups in total. The van der Waals surface area contributed by atoms with Crippen LogP contribution < -0.4 is 0 Å². The highest BCUT2D eigenvalue weighted by Gasteiger charge is 2.52. The zero-order chi connectivity index (χ0) is 23.5. The van der Waals surface area contributed by atoms with Gasteiger partial charge in [-0.25, -0.2) is 0 Å². The number of hydrogen-bond acceptors (Lipinski definition) is 1. The molecule has 4 aromatic rings. The molecule has 34 heavy (non-hydrogen) atoms. The van der Waals surface area contributed by atoms with Gasteiger partial charge in [0.1, 0.15) is 13.7 Å². The average Bonchev–Trinajstić information content (AvgIpc) is 3.36. The van der Waals surface area contributed by atoms with Crippen molar-refractivity contribution in [2.75, 3.05) is 0 Å². The molecule has 0 saturated carbocycles. The Bertz CT molecular complexity index is 1290. The number of fused-ring (bicyclic) bond motifs is 6. The number of hydrogen-bond donors (Lipinski definition) is 1. The molecule has 2 heteroatoms. The van der Waals surface area contributed by atoms with E-state index in [1.807, 2.05) is 0 Å². The summed E-state index contributed by atoms with van der Waals surface area (Å²) in [5.41, 5.74) is 11.8. The van der Waals surface area contributed by atoms with Gasteiger partial charge in [-0.2, -0.15) is 0 Å². The molecule has 0 spiro atoms. The summed E-state index contributed by atoms with van der Waals surface area (Å²) in [6, 6.07) is 34.1. The van der Waals surface area contributed by atoms with Crippen LogP contribution in [0, 0.1) is 11.5 Å². The van der Waals surface area contributed by atoms with Gasteiger partial charge in [-0.1, -0.05) is 123 Å². The molecule has 166 valence electrons. The van der Waals surface area contributed by atoms with Gasteiger partial charge in [-0.15, -0.1) is 5.54 Å². The van der Waals surface area contributed by atoms with E-state index in [1.54, 1.807) is 0 Å². The number of benzene rings is 4. The van der Waals surface area contributed by atoms with Crippen molar-refractivity contribution in [3.8, 4) is 33.7 Å². The number of aliphatic hydroxyl groups is 1. The highest BCUT2D eigenvalue weighted by Crippen LogP contribution is 2.58. The molecule has 0 heterocycles. The Morgan fingerprint density at radius 3 is 1.15 bits per heavy atom. The summed E-state index contributed by atoms with van der Waals surface area (Å²) in [6.07, 6.45) is 0. The quantitative estimate of drug-likeness (QED) is 0.249. The molecule has 4 aromatic carbocycles. The van der Waals surface area contributed by atoms with E-state index in [-0.39, 0.29) is 11.8 Å². The van der Waals surface area contributed by atoms with Gasteiger partial charge in [-0.3, -0.25) is 0 Å². The predicted molar refractivity (Wildman–Crippen MR) is 144 cm³/mol. The molecule has 6 rings (SSSR count). The fraction of sp³-hybridized carbons (Fsp3) is 0.188. The topological polar surface area (TPSA) is 20.2 Å². The molecule has 1 nitrogen and oxygen atoms in total. The minimum absolute atomic E-state index is 0.229. The lowest BCUT2D eigenvalue weighted by Crippen LogP contribution is -2.41. The lowest BCUT2D eigenvalue weighted by molar-refractivity contribution is 0.0688. The molecular formula is C32H28OSi. The lowest BCUT2D eigenvalue weighted by atomic mass is 9.69. The summed E-state index contributed by atoms with van der Waals surface area (Å²) >= 11 is 0. The SMILES string of the molecule is C[Si](C)(C)C#CC(O)(C1c2ccccc2-c2ccccc21)C1c2ccccc2-c2ccccc21. The second kappa shape index (κ2) is 7.57. The van der Waals surface area contributed by atoms with Crippen molar-refractivity contribution in [1.29, 1.82) is 0 Å². The third kappa shape index (κ3) is 3.12. The Kier molecular flexibility index (Phi) is 4.71. The Hall–Kier alpha value is -3.38. The summed E-state index contributed by atoms with van der Waals surface area (Å²) in [6.45, 7) is 6.73. The van der Waals surface area contributed by atoms with Gasteiger partial charge in [0, 0.05) is 0 Å². The zero-order valence-corrected chi connectivity index (χ0v) is 20.8. The van der Waals surface area contributed by atoms with E-state index in [1.165, 1.54) is 22.3 Å². The van der Waals surface area contributed by atoms with Crippen LogP contribution >= 0.6 is 0 Å². The van der Waals surface area contributed by atoms with E-state index < -0.39 is 13.7 Å². The van der Waals surface area contributed by atoms with Gasteiger partial charge in [-0.05, 0) is 44.5 Å². The van der Waals surface area contributed by atoms with Crippen LogP contribution in [0.3, 0.4) is 0 Å². The maximum atomic E-state index is 13.0. The highest BCUT2D eigenvalue weighted by atomic mass is 28.3.